The Morgan fingerprint density at radius 2 is 1.92 bits per heavy atom. The minimum Gasteiger partial charge on any atom is -0.364 e. The molecule has 1 unspecified atom stereocenters. The SMILES string of the molecule is CN1N=C(C(N)=O)C(c2ccc(Cc3ccc(F)cc3)cn2)CC1=O. The molecule has 2 aromatic rings. The number of hydrazone groups is 1. The van der Waals surface area contributed by atoms with E-state index in [1.54, 1.807) is 24.4 Å². The van der Waals surface area contributed by atoms with Gasteiger partial charge in [-0.3, -0.25) is 14.6 Å². The molecule has 6 nitrogen and oxygen atoms in total. The predicted octanol–water partition coefficient (Wildman–Crippen LogP) is 1.60. The smallest absolute Gasteiger partial charge is 0.265 e. The second-order valence-corrected chi connectivity index (χ2v) is 5.92. The molecule has 1 aliphatic rings. The number of carbonyl (C=O) groups is 2. The summed E-state index contributed by atoms with van der Waals surface area (Å²) in [6, 6.07) is 9.90. The molecule has 2 amide bonds. The summed E-state index contributed by atoms with van der Waals surface area (Å²) in [5, 5.41) is 5.09. The molecule has 0 saturated heterocycles. The van der Waals surface area contributed by atoms with Gasteiger partial charge in [-0.25, -0.2) is 9.40 Å². The highest BCUT2D eigenvalue weighted by atomic mass is 19.1. The number of pyridine rings is 1. The van der Waals surface area contributed by atoms with Crippen LogP contribution in [0.3, 0.4) is 0 Å². The van der Waals surface area contributed by atoms with Crippen LogP contribution in [0.5, 0.6) is 0 Å². The summed E-state index contributed by atoms with van der Waals surface area (Å²) in [4.78, 5) is 27.9. The molecule has 0 bridgehead atoms. The van der Waals surface area contributed by atoms with Gasteiger partial charge in [-0.15, -0.1) is 0 Å². The van der Waals surface area contributed by atoms with E-state index in [4.69, 9.17) is 5.73 Å². The number of carbonyl (C=O) groups excluding carboxylic acids is 2. The summed E-state index contributed by atoms with van der Waals surface area (Å²) >= 11 is 0. The van der Waals surface area contributed by atoms with Crippen molar-refractivity contribution >= 4 is 17.5 Å². The van der Waals surface area contributed by atoms with Crippen LogP contribution in [0.4, 0.5) is 4.39 Å². The third-order valence-corrected chi connectivity index (χ3v) is 4.11. The van der Waals surface area contributed by atoms with Gasteiger partial charge in [0.1, 0.15) is 11.5 Å². The maximum absolute atomic E-state index is 13.0. The highest BCUT2D eigenvalue weighted by Crippen LogP contribution is 2.25. The van der Waals surface area contributed by atoms with E-state index in [9.17, 15) is 14.0 Å². The highest BCUT2D eigenvalue weighted by Gasteiger charge is 2.32. The first-order chi connectivity index (χ1) is 11.9. The van der Waals surface area contributed by atoms with Crippen LogP contribution in [-0.2, 0) is 16.0 Å². The Bertz CT molecular complexity index is 831. The molecule has 2 heterocycles. The molecular formula is C18H17FN4O2. The zero-order chi connectivity index (χ0) is 18.0. The largest absolute Gasteiger partial charge is 0.364 e. The zero-order valence-electron chi connectivity index (χ0n) is 13.6. The summed E-state index contributed by atoms with van der Waals surface area (Å²) < 4.78 is 13.0. The minimum absolute atomic E-state index is 0.0998. The lowest BCUT2D eigenvalue weighted by Gasteiger charge is -2.25. The van der Waals surface area contributed by atoms with Crippen molar-refractivity contribution < 1.29 is 14.0 Å². The first kappa shape index (κ1) is 16.8. The Morgan fingerprint density at radius 3 is 2.52 bits per heavy atom. The number of rotatable bonds is 4. The Balaban J connectivity index is 1.81. The van der Waals surface area contributed by atoms with Gasteiger partial charge in [-0.05, 0) is 35.7 Å². The fourth-order valence-corrected chi connectivity index (χ4v) is 2.74. The first-order valence-electron chi connectivity index (χ1n) is 7.78. The van der Waals surface area contributed by atoms with Gasteiger partial charge in [0.05, 0.1) is 11.6 Å². The van der Waals surface area contributed by atoms with Gasteiger partial charge >= 0.3 is 0 Å². The van der Waals surface area contributed by atoms with Crippen molar-refractivity contribution in [2.75, 3.05) is 7.05 Å². The number of hydrogen-bond acceptors (Lipinski definition) is 4. The van der Waals surface area contributed by atoms with Crippen molar-refractivity contribution in [1.82, 2.24) is 9.99 Å². The van der Waals surface area contributed by atoms with Crippen LogP contribution in [0.25, 0.3) is 0 Å². The lowest BCUT2D eigenvalue weighted by molar-refractivity contribution is -0.130. The fourth-order valence-electron chi connectivity index (χ4n) is 2.74. The number of primary amides is 1. The lowest BCUT2D eigenvalue weighted by Crippen LogP contribution is -2.39. The average molecular weight is 340 g/mol. The van der Waals surface area contributed by atoms with Crippen molar-refractivity contribution in [2.45, 2.75) is 18.8 Å². The van der Waals surface area contributed by atoms with Crippen molar-refractivity contribution in [2.24, 2.45) is 10.8 Å². The van der Waals surface area contributed by atoms with Crippen LogP contribution in [0.15, 0.2) is 47.7 Å². The number of nitrogens with zero attached hydrogens (tertiary/aromatic N) is 3. The molecule has 1 aromatic carbocycles. The molecule has 7 heteroatoms. The highest BCUT2D eigenvalue weighted by molar-refractivity contribution is 6.41. The van der Waals surface area contributed by atoms with Gasteiger partial charge in [-0.1, -0.05) is 18.2 Å². The normalized spacial score (nSPS) is 17.4. The van der Waals surface area contributed by atoms with Gasteiger partial charge in [-0.2, -0.15) is 5.10 Å². The number of benzene rings is 1. The van der Waals surface area contributed by atoms with Gasteiger partial charge in [0, 0.05) is 19.7 Å². The summed E-state index contributed by atoms with van der Waals surface area (Å²) in [5.74, 6) is -1.68. The third-order valence-electron chi connectivity index (χ3n) is 4.11. The van der Waals surface area contributed by atoms with Crippen molar-refractivity contribution in [3.8, 4) is 0 Å². The van der Waals surface area contributed by atoms with E-state index in [2.05, 4.69) is 10.1 Å². The predicted molar refractivity (Wildman–Crippen MR) is 90.2 cm³/mol. The molecule has 0 aliphatic carbocycles. The molecule has 0 saturated carbocycles. The average Bonchev–Trinajstić information content (AvgIpc) is 2.59. The molecule has 1 atom stereocenters. The van der Waals surface area contributed by atoms with E-state index in [0.717, 1.165) is 16.1 Å². The third kappa shape index (κ3) is 3.71. The summed E-state index contributed by atoms with van der Waals surface area (Å²) in [5.41, 5.74) is 7.98. The first-order valence-corrected chi connectivity index (χ1v) is 7.78. The maximum atomic E-state index is 13.0. The van der Waals surface area contributed by atoms with Crippen molar-refractivity contribution in [3.05, 3.63) is 65.2 Å². The molecule has 1 aromatic heterocycles. The molecule has 0 radical (unpaired) electrons. The topological polar surface area (TPSA) is 88.7 Å². The molecular weight excluding hydrogens is 323 g/mol. The molecule has 25 heavy (non-hydrogen) atoms. The Labute approximate surface area is 144 Å². The van der Waals surface area contributed by atoms with Gasteiger partial charge in [0.15, 0.2) is 0 Å². The molecule has 2 N–H and O–H groups in total. The van der Waals surface area contributed by atoms with E-state index in [1.807, 2.05) is 6.07 Å². The number of hydrogen-bond donors (Lipinski definition) is 1. The Hall–Kier alpha value is -3.09. The molecule has 3 rings (SSSR count). The van der Waals surface area contributed by atoms with Gasteiger partial charge < -0.3 is 5.73 Å². The molecule has 1 aliphatic heterocycles. The van der Waals surface area contributed by atoms with Crippen LogP contribution < -0.4 is 5.73 Å². The van der Waals surface area contributed by atoms with Gasteiger partial charge in [0.2, 0.25) is 5.91 Å². The van der Waals surface area contributed by atoms with E-state index in [0.29, 0.717) is 12.1 Å². The van der Waals surface area contributed by atoms with E-state index in [1.165, 1.54) is 19.2 Å². The van der Waals surface area contributed by atoms with E-state index < -0.39 is 11.8 Å². The van der Waals surface area contributed by atoms with Gasteiger partial charge in [0.25, 0.3) is 5.91 Å². The second kappa shape index (κ2) is 6.80. The van der Waals surface area contributed by atoms with Crippen LogP contribution in [-0.4, -0.2) is 34.6 Å². The van der Waals surface area contributed by atoms with E-state index >= 15 is 0 Å². The summed E-state index contributed by atoms with van der Waals surface area (Å²) in [7, 11) is 1.49. The van der Waals surface area contributed by atoms with Crippen molar-refractivity contribution in [3.63, 3.8) is 0 Å². The van der Waals surface area contributed by atoms with E-state index in [-0.39, 0.29) is 23.9 Å². The summed E-state index contributed by atoms with van der Waals surface area (Å²) in [6.45, 7) is 0. The van der Waals surface area contributed by atoms with Crippen LogP contribution in [0.1, 0.15) is 29.2 Å². The number of nitrogens with two attached hydrogens (primary N) is 1. The lowest BCUT2D eigenvalue weighted by atomic mass is 9.92. The monoisotopic (exact) mass is 340 g/mol. The Kier molecular flexibility index (Phi) is 4.56. The maximum Gasteiger partial charge on any atom is 0.265 e. The zero-order valence-corrected chi connectivity index (χ0v) is 13.6. The fraction of sp³-hybridized carbons (Fsp3) is 0.222. The van der Waals surface area contributed by atoms with Crippen molar-refractivity contribution in [1.29, 1.82) is 0 Å². The number of amides is 2. The second-order valence-electron chi connectivity index (χ2n) is 5.92. The standard InChI is InChI=1S/C18H17FN4O2/c1-23-16(24)9-14(17(22-23)18(20)25)15-7-4-12(10-21-15)8-11-2-5-13(19)6-3-11/h2-7,10,14H,8-9H2,1H3,(H2,20,25). The number of aromatic nitrogens is 1. The Morgan fingerprint density at radius 1 is 1.24 bits per heavy atom. The quantitative estimate of drug-likeness (QED) is 0.917. The van der Waals surface area contributed by atoms with Crippen LogP contribution >= 0.6 is 0 Å². The van der Waals surface area contributed by atoms with Crippen LogP contribution in [0.2, 0.25) is 0 Å². The van der Waals surface area contributed by atoms with Crippen LogP contribution in [0, 0.1) is 5.82 Å². The molecule has 128 valence electrons. The summed E-state index contributed by atoms with van der Waals surface area (Å²) in [6.07, 6.45) is 2.39. The number of halogens is 1. The minimum atomic E-state index is -0.665. The molecule has 0 fully saturated rings. The molecule has 0 spiro atoms.